The van der Waals surface area contributed by atoms with E-state index in [0.29, 0.717) is 5.69 Å². The summed E-state index contributed by atoms with van der Waals surface area (Å²) in [5.74, 6) is -0.0407. The van der Waals surface area contributed by atoms with Crippen LogP contribution in [-0.2, 0) is 20.0 Å². The number of sulfonamides is 2. The molecule has 0 atom stereocenters. The first kappa shape index (κ1) is 20.8. The number of fused-ring (bicyclic) bond motifs is 1. The highest BCUT2D eigenvalue weighted by atomic mass is 32.2. The lowest BCUT2D eigenvalue weighted by Crippen LogP contribution is -2.16. The van der Waals surface area contributed by atoms with E-state index in [1.807, 2.05) is 24.3 Å². The molecule has 0 amide bonds. The van der Waals surface area contributed by atoms with Gasteiger partial charge < -0.3 is 0 Å². The molecule has 1 aromatic heterocycles. The molecule has 31 heavy (non-hydrogen) atoms. The van der Waals surface area contributed by atoms with Crippen LogP contribution < -0.4 is 9.44 Å². The third kappa shape index (κ3) is 4.65. The standard InChI is InChI=1S/C21H18N4O4S2/c1-15-12-13-22-21(23-15)25-30(26,27)19-10-7-18(8-11-19)24-31(28,29)20-9-6-16-4-2-3-5-17(16)14-20/h2-14,24H,1H3,(H,22,23,25). The van der Waals surface area contributed by atoms with Gasteiger partial charge in [-0.1, -0.05) is 30.3 Å². The number of rotatable bonds is 6. The lowest BCUT2D eigenvalue weighted by molar-refractivity contribution is 0.600. The zero-order chi connectivity index (χ0) is 22.1. The number of nitrogens with zero attached hydrogens (tertiary/aromatic N) is 2. The maximum absolute atomic E-state index is 12.7. The third-order valence-electron chi connectivity index (χ3n) is 4.47. The minimum atomic E-state index is -3.92. The zero-order valence-electron chi connectivity index (χ0n) is 16.3. The molecule has 0 spiro atoms. The van der Waals surface area contributed by atoms with Gasteiger partial charge in [0.2, 0.25) is 5.95 Å². The van der Waals surface area contributed by atoms with Gasteiger partial charge in [0.1, 0.15) is 0 Å². The van der Waals surface area contributed by atoms with Gasteiger partial charge in [0, 0.05) is 17.6 Å². The minimum absolute atomic E-state index is 0.0407. The first-order valence-electron chi connectivity index (χ1n) is 9.17. The largest absolute Gasteiger partial charge is 0.280 e. The van der Waals surface area contributed by atoms with Crippen molar-refractivity contribution in [2.75, 3.05) is 9.44 Å². The summed E-state index contributed by atoms with van der Waals surface area (Å²) in [6, 6.07) is 19.3. The molecule has 0 aliphatic heterocycles. The van der Waals surface area contributed by atoms with Crippen molar-refractivity contribution in [2.45, 2.75) is 16.7 Å². The molecule has 0 unspecified atom stereocenters. The van der Waals surface area contributed by atoms with Gasteiger partial charge in [0.05, 0.1) is 9.79 Å². The van der Waals surface area contributed by atoms with Crippen LogP contribution >= 0.6 is 0 Å². The number of hydrogen-bond donors (Lipinski definition) is 2. The van der Waals surface area contributed by atoms with E-state index in [0.717, 1.165) is 10.8 Å². The van der Waals surface area contributed by atoms with Crippen LogP contribution in [0, 0.1) is 6.92 Å². The molecule has 4 rings (SSSR count). The van der Waals surface area contributed by atoms with Gasteiger partial charge in [-0.05, 0) is 60.2 Å². The van der Waals surface area contributed by atoms with E-state index in [1.165, 1.54) is 36.5 Å². The second-order valence-corrected chi connectivity index (χ2v) is 10.1. The van der Waals surface area contributed by atoms with Gasteiger partial charge in [-0.25, -0.2) is 31.5 Å². The van der Waals surface area contributed by atoms with Crippen LogP contribution in [-0.4, -0.2) is 26.8 Å². The molecule has 158 valence electrons. The Hall–Kier alpha value is -3.50. The Kier molecular flexibility index (Phi) is 5.34. The second kappa shape index (κ2) is 7.97. The minimum Gasteiger partial charge on any atom is -0.280 e. The number of aromatic nitrogens is 2. The fourth-order valence-electron chi connectivity index (χ4n) is 2.93. The van der Waals surface area contributed by atoms with Gasteiger partial charge >= 0.3 is 0 Å². The Bertz CT molecular complexity index is 1470. The van der Waals surface area contributed by atoms with Crippen molar-refractivity contribution in [3.63, 3.8) is 0 Å². The van der Waals surface area contributed by atoms with E-state index < -0.39 is 20.0 Å². The molecule has 0 bridgehead atoms. The van der Waals surface area contributed by atoms with Crippen molar-refractivity contribution in [3.8, 4) is 0 Å². The number of hydrogen-bond acceptors (Lipinski definition) is 6. The van der Waals surface area contributed by atoms with Gasteiger partial charge in [-0.2, -0.15) is 0 Å². The number of aryl methyl sites for hydroxylation is 1. The molecule has 1 heterocycles. The van der Waals surface area contributed by atoms with E-state index in [1.54, 1.807) is 25.1 Å². The van der Waals surface area contributed by atoms with Crippen LogP contribution in [0.4, 0.5) is 11.6 Å². The SMILES string of the molecule is Cc1ccnc(NS(=O)(=O)c2ccc(NS(=O)(=O)c3ccc4ccccc4c3)cc2)n1. The number of anilines is 2. The third-order valence-corrected chi connectivity index (χ3v) is 7.19. The molecule has 0 saturated heterocycles. The molecule has 0 aliphatic rings. The molecular formula is C21H18N4O4S2. The summed E-state index contributed by atoms with van der Waals surface area (Å²) in [4.78, 5) is 7.95. The lowest BCUT2D eigenvalue weighted by atomic mass is 10.1. The van der Waals surface area contributed by atoms with Gasteiger partial charge in [-0.15, -0.1) is 0 Å². The molecule has 3 aromatic carbocycles. The molecule has 10 heteroatoms. The Balaban J connectivity index is 1.54. The van der Waals surface area contributed by atoms with Crippen LogP contribution in [0.1, 0.15) is 5.69 Å². The monoisotopic (exact) mass is 454 g/mol. The maximum atomic E-state index is 12.7. The summed E-state index contributed by atoms with van der Waals surface area (Å²) >= 11 is 0. The number of benzene rings is 3. The van der Waals surface area contributed by atoms with Crippen molar-refractivity contribution in [3.05, 3.63) is 84.7 Å². The molecule has 0 radical (unpaired) electrons. The quantitative estimate of drug-likeness (QED) is 0.460. The summed E-state index contributed by atoms with van der Waals surface area (Å²) in [6.07, 6.45) is 1.45. The smallest absolute Gasteiger partial charge is 0.264 e. The Morgan fingerprint density at radius 1 is 0.710 bits per heavy atom. The van der Waals surface area contributed by atoms with Gasteiger partial charge in [0.15, 0.2) is 0 Å². The summed E-state index contributed by atoms with van der Waals surface area (Å²) in [7, 11) is -7.76. The van der Waals surface area contributed by atoms with Gasteiger partial charge in [0.25, 0.3) is 20.0 Å². The zero-order valence-corrected chi connectivity index (χ0v) is 18.0. The number of nitrogens with one attached hydrogen (secondary N) is 2. The van der Waals surface area contributed by atoms with E-state index >= 15 is 0 Å². The molecule has 4 aromatic rings. The van der Waals surface area contributed by atoms with E-state index in [-0.39, 0.29) is 21.4 Å². The molecule has 0 saturated carbocycles. The Morgan fingerprint density at radius 2 is 1.35 bits per heavy atom. The van der Waals surface area contributed by atoms with Crippen molar-refractivity contribution in [1.82, 2.24) is 9.97 Å². The van der Waals surface area contributed by atoms with Crippen LogP contribution in [0.2, 0.25) is 0 Å². The Labute approximate surface area is 180 Å². The average Bonchev–Trinajstić information content (AvgIpc) is 2.73. The average molecular weight is 455 g/mol. The van der Waals surface area contributed by atoms with Crippen molar-refractivity contribution < 1.29 is 16.8 Å². The van der Waals surface area contributed by atoms with Crippen LogP contribution in [0.15, 0.2) is 88.8 Å². The molecule has 8 nitrogen and oxygen atoms in total. The summed E-state index contributed by atoms with van der Waals surface area (Å²) in [6.45, 7) is 1.72. The first-order chi connectivity index (χ1) is 14.7. The van der Waals surface area contributed by atoms with E-state index in [2.05, 4.69) is 19.4 Å². The second-order valence-electron chi connectivity index (χ2n) is 6.77. The first-order valence-corrected chi connectivity index (χ1v) is 12.1. The van der Waals surface area contributed by atoms with Crippen molar-refractivity contribution >= 4 is 42.5 Å². The summed E-state index contributed by atoms with van der Waals surface area (Å²) in [5, 5.41) is 1.73. The summed E-state index contributed by atoms with van der Waals surface area (Å²) < 4.78 is 55.3. The normalized spacial score (nSPS) is 11.9. The van der Waals surface area contributed by atoms with Crippen LogP contribution in [0.3, 0.4) is 0 Å². The topological polar surface area (TPSA) is 118 Å². The van der Waals surface area contributed by atoms with Crippen LogP contribution in [0.5, 0.6) is 0 Å². The highest BCUT2D eigenvalue weighted by Gasteiger charge is 2.18. The molecule has 2 N–H and O–H groups in total. The fraction of sp³-hybridized carbons (Fsp3) is 0.0476. The molecular weight excluding hydrogens is 436 g/mol. The van der Waals surface area contributed by atoms with Crippen molar-refractivity contribution in [1.29, 1.82) is 0 Å². The van der Waals surface area contributed by atoms with E-state index in [4.69, 9.17) is 0 Å². The maximum Gasteiger partial charge on any atom is 0.264 e. The fourth-order valence-corrected chi connectivity index (χ4v) is 4.97. The molecule has 0 fully saturated rings. The van der Waals surface area contributed by atoms with Crippen molar-refractivity contribution in [2.24, 2.45) is 0 Å². The van der Waals surface area contributed by atoms with Gasteiger partial charge in [-0.3, -0.25) is 4.72 Å². The van der Waals surface area contributed by atoms with Crippen LogP contribution in [0.25, 0.3) is 10.8 Å². The van der Waals surface area contributed by atoms with E-state index in [9.17, 15) is 16.8 Å². The predicted molar refractivity (Wildman–Crippen MR) is 119 cm³/mol. The highest BCUT2D eigenvalue weighted by Crippen LogP contribution is 2.22. The molecule has 0 aliphatic carbocycles. The highest BCUT2D eigenvalue weighted by molar-refractivity contribution is 7.93. The summed E-state index contributed by atoms with van der Waals surface area (Å²) in [5.41, 5.74) is 0.852. The predicted octanol–water partition coefficient (Wildman–Crippen LogP) is 3.54. The Morgan fingerprint density at radius 3 is 2.06 bits per heavy atom. The lowest BCUT2D eigenvalue weighted by Gasteiger charge is -2.10.